The predicted octanol–water partition coefficient (Wildman–Crippen LogP) is -0.247. The first-order valence-corrected chi connectivity index (χ1v) is 1.44. The smallest absolute Gasteiger partial charge is 0.363 e. The summed E-state index contributed by atoms with van der Waals surface area (Å²) in [7, 11) is 0. The Bertz CT molecular complexity index is 144. The minimum absolute atomic E-state index is 0.831. The highest BCUT2D eigenvalue weighted by Gasteiger charge is 1.86. The van der Waals surface area contributed by atoms with E-state index in [0.29, 0.717) is 0 Å². The summed E-state index contributed by atoms with van der Waals surface area (Å²) in [5.74, 6) is 0.831. The summed E-state index contributed by atoms with van der Waals surface area (Å²) >= 11 is 0. The normalized spacial score (nSPS) is 5.43. The maximum Gasteiger partial charge on any atom is 0.398 e. The zero-order valence-corrected chi connectivity index (χ0v) is 3.47. The van der Waals surface area contributed by atoms with Crippen LogP contribution in [0.5, 0.6) is 0 Å². The summed E-state index contributed by atoms with van der Waals surface area (Å²) in [5.41, 5.74) is 0. The van der Waals surface area contributed by atoms with Gasteiger partial charge in [-0.2, -0.15) is 0 Å². The van der Waals surface area contributed by atoms with Crippen LogP contribution < -0.4 is 0 Å². The van der Waals surface area contributed by atoms with Gasteiger partial charge in [-0.25, -0.2) is 4.79 Å². The Balaban J connectivity index is 3.50. The molecule has 0 rings (SSSR count). The standard InChI is InChI=1S/C5H2O2/c1-3-5(6)7-4-2/h1-2H. The monoisotopic (exact) mass is 94.0 g/mol. The second-order valence-electron chi connectivity index (χ2n) is 0.652. The van der Waals surface area contributed by atoms with E-state index in [4.69, 9.17) is 0 Å². The molecule has 0 aliphatic rings. The Morgan fingerprint density at radius 3 is 2.29 bits per heavy atom. The van der Waals surface area contributed by atoms with Crippen LogP contribution in [0.15, 0.2) is 0 Å². The third-order valence-corrected chi connectivity index (χ3v) is 0.269. The van der Waals surface area contributed by atoms with Gasteiger partial charge in [0.1, 0.15) is 6.11 Å². The fourth-order valence-corrected chi connectivity index (χ4v) is 0.0830. The quantitative estimate of drug-likeness (QED) is 0.235. The van der Waals surface area contributed by atoms with E-state index in [2.05, 4.69) is 17.6 Å². The van der Waals surface area contributed by atoms with Crippen LogP contribution >= 0.6 is 0 Å². The zero-order chi connectivity index (χ0) is 5.70. The van der Waals surface area contributed by atoms with E-state index < -0.39 is 5.97 Å². The Kier molecular flexibility index (Phi) is 2.24. The van der Waals surface area contributed by atoms with Crippen molar-refractivity contribution < 1.29 is 9.53 Å². The number of rotatable bonds is 0. The molecule has 0 bridgehead atoms. The van der Waals surface area contributed by atoms with Crippen LogP contribution in [0, 0.1) is 24.9 Å². The summed E-state index contributed by atoms with van der Waals surface area (Å²) in [4.78, 5) is 9.81. The highest BCUT2D eigenvalue weighted by atomic mass is 16.5. The van der Waals surface area contributed by atoms with Crippen LogP contribution in [0.1, 0.15) is 0 Å². The molecule has 34 valence electrons. The lowest BCUT2D eigenvalue weighted by molar-refractivity contribution is -0.130. The molecule has 0 aliphatic carbocycles. The molecule has 0 N–H and O–H groups in total. The minimum atomic E-state index is -0.831. The SMILES string of the molecule is C#COC(=O)C#C. The molecule has 0 unspecified atom stereocenters. The van der Waals surface area contributed by atoms with Crippen molar-refractivity contribution in [3.8, 4) is 24.9 Å². The van der Waals surface area contributed by atoms with Gasteiger partial charge in [-0.3, -0.25) is 0 Å². The van der Waals surface area contributed by atoms with E-state index in [-0.39, 0.29) is 0 Å². The van der Waals surface area contributed by atoms with Gasteiger partial charge >= 0.3 is 5.97 Å². The number of hydrogen-bond acceptors (Lipinski definition) is 2. The molecule has 0 amide bonds. The van der Waals surface area contributed by atoms with E-state index in [1.807, 2.05) is 0 Å². The Morgan fingerprint density at radius 1 is 1.57 bits per heavy atom. The van der Waals surface area contributed by atoms with Gasteiger partial charge in [0.25, 0.3) is 0 Å². The van der Waals surface area contributed by atoms with Crippen molar-refractivity contribution in [2.45, 2.75) is 0 Å². The van der Waals surface area contributed by atoms with E-state index >= 15 is 0 Å². The van der Waals surface area contributed by atoms with E-state index in [9.17, 15) is 4.79 Å². The average molecular weight is 94.1 g/mol. The van der Waals surface area contributed by atoms with Crippen LogP contribution in [0.3, 0.4) is 0 Å². The third-order valence-electron chi connectivity index (χ3n) is 0.269. The number of carbonyl (C=O) groups excluding carboxylic acids is 1. The maximum absolute atomic E-state index is 9.81. The molecule has 0 saturated carbocycles. The van der Waals surface area contributed by atoms with Crippen LogP contribution in [-0.2, 0) is 9.53 Å². The molecule has 0 aromatic carbocycles. The molecular formula is C5H2O2. The molecule has 2 nitrogen and oxygen atoms in total. The first-order valence-electron chi connectivity index (χ1n) is 1.44. The summed E-state index contributed by atoms with van der Waals surface area (Å²) in [6.45, 7) is 0. The number of carbonyl (C=O) groups is 1. The number of hydrogen-bond donors (Lipinski definition) is 0. The van der Waals surface area contributed by atoms with Crippen LogP contribution in [0.25, 0.3) is 0 Å². The van der Waals surface area contributed by atoms with Crippen molar-refractivity contribution in [3.05, 3.63) is 0 Å². The van der Waals surface area contributed by atoms with Gasteiger partial charge in [-0.05, 0) is 0 Å². The number of esters is 1. The number of ether oxygens (including phenoxy) is 1. The highest BCUT2D eigenvalue weighted by Crippen LogP contribution is 1.66. The van der Waals surface area contributed by atoms with Crippen molar-refractivity contribution in [2.24, 2.45) is 0 Å². The first kappa shape index (κ1) is 5.59. The summed E-state index contributed by atoms with van der Waals surface area (Å²) in [5, 5.41) is 0. The van der Waals surface area contributed by atoms with Crippen LogP contribution in [0.4, 0.5) is 0 Å². The lowest BCUT2D eigenvalue weighted by atomic mass is 10.7. The van der Waals surface area contributed by atoms with Crippen LogP contribution in [-0.4, -0.2) is 5.97 Å². The van der Waals surface area contributed by atoms with E-state index in [0.717, 1.165) is 0 Å². The van der Waals surface area contributed by atoms with Crippen molar-refractivity contribution >= 4 is 5.97 Å². The molecule has 0 atom stereocenters. The molecule has 0 aromatic rings. The summed E-state index contributed by atoms with van der Waals surface area (Å²) in [6.07, 6.45) is 10.7. The second kappa shape index (κ2) is 2.81. The summed E-state index contributed by atoms with van der Waals surface area (Å²) in [6, 6.07) is 0. The zero-order valence-electron chi connectivity index (χ0n) is 3.47. The third kappa shape index (κ3) is 2.39. The van der Waals surface area contributed by atoms with Gasteiger partial charge in [-0.15, -0.1) is 6.42 Å². The van der Waals surface area contributed by atoms with Gasteiger partial charge in [0.15, 0.2) is 0 Å². The fraction of sp³-hybridized carbons (Fsp3) is 0. The van der Waals surface area contributed by atoms with Crippen molar-refractivity contribution in [3.63, 3.8) is 0 Å². The van der Waals surface area contributed by atoms with Gasteiger partial charge in [0, 0.05) is 5.92 Å². The van der Waals surface area contributed by atoms with Crippen molar-refractivity contribution in [1.29, 1.82) is 0 Å². The van der Waals surface area contributed by atoms with Gasteiger partial charge in [-0.1, -0.05) is 6.42 Å². The molecule has 0 saturated heterocycles. The minimum Gasteiger partial charge on any atom is -0.363 e. The molecule has 0 heterocycles. The first-order chi connectivity index (χ1) is 3.31. The largest absolute Gasteiger partial charge is 0.398 e. The van der Waals surface area contributed by atoms with Crippen molar-refractivity contribution in [2.75, 3.05) is 0 Å². The fourth-order valence-electron chi connectivity index (χ4n) is 0.0830. The molecular weight excluding hydrogens is 92.1 g/mol. The lowest BCUT2D eigenvalue weighted by Crippen LogP contribution is -1.92. The molecule has 0 aliphatic heterocycles. The predicted molar refractivity (Wildman–Crippen MR) is 23.8 cm³/mol. The molecule has 7 heavy (non-hydrogen) atoms. The lowest BCUT2D eigenvalue weighted by Gasteiger charge is -1.77. The Hall–Kier alpha value is -1.41. The van der Waals surface area contributed by atoms with Crippen LogP contribution in [0.2, 0.25) is 0 Å². The number of terminal acetylenes is 2. The van der Waals surface area contributed by atoms with E-state index in [1.54, 1.807) is 12.0 Å². The van der Waals surface area contributed by atoms with Crippen molar-refractivity contribution in [1.82, 2.24) is 0 Å². The van der Waals surface area contributed by atoms with Gasteiger partial charge in [0.2, 0.25) is 0 Å². The topological polar surface area (TPSA) is 26.3 Å². The second-order valence-corrected chi connectivity index (χ2v) is 0.652. The average Bonchev–Trinajstić information content (AvgIpc) is 1.68. The molecule has 0 aromatic heterocycles. The molecule has 0 spiro atoms. The summed E-state index contributed by atoms with van der Waals surface area (Å²) < 4.78 is 3.84. The Labute approximate surface area is 41.5 Å². The van der Waals surface area contributed by atoms with E-state index in [1.165, 1.54) is 0 Å². The Morgan fingerprint density at radius 2 is 2.14 bits per heavy atom. The van der Waals surface area contributed by atoms with Gasteiger partial charge < -0.3 is 4.74 Å². The molecule has 0 radical (unpaired) electrons. The molecule has 0 fully saturated rings. The molecule has 2 heteroatoms. The van der Waals surface area contributed by atoms with Gasteiger partial charge in [0.05, 0.1) is 0 Å². The maximum atomic E-state index is 9.81. The highest BCUT2D eigenvalue weighted by molar-refractivity contribution is 5.88.